The molecule has 2 saturated carbocycles. The number of nitrogens with zero attached hydrogens (tertiary/aromatic N) is 4. The van der Waals surface area contributed by atoms with Crippen LogP contribution in [0, 0.1) is 11.9 Å². The van der Waals surface area contributed by atoms with E-state index in [-0.39, 0.29) is 24.3 Å². The quantitative estimate of drug-likeness (QED) is 0.195. The molecule has 12 heteroatoms. The van der Waals surface area contributed by atoms with Crippen LogP contribution in [0.4, 0.5) is 21.6 Å². The van der Waals surface area contributed by atoms with Crippen molar-refractivity contribution in [1.29, 1.82) is 0 Å². The summed E-state index contributed by atoms with van der Waals surface area (Å²) < 4.78 is 25.1. The van der Waals surface area contributed by atoms with Crippen LogP contribution in [0.3, 0.4) is 0 Å². The molecule has 3 aromatic rings. The van der Waals surface area contributed by atoms with Crippen LogP contribution in [0.25, 0.3) is 5.65 Å². The zero-order valence-corrected chi connectivity index (χ0v) is 21.3. The van der Waals surface area contributed by atoms with Crippen molar-refractivity contribution in [2.45, 2.75) is 57.0 Å². The van der Waals surface area contributed by atoms with Crippen molar-refractivity contribution < 1.29 is 23.5 Å². The highest BCUT2D eigenvalue weighted by Crippen LogP contribution is 2.31. The van der Waals surface area contributed by atoms with E-state index in [2.05, 4.69) is 31.0 Å². The lowest BCUT2D eigenvalue weighted by molar-refractivity contribution is -0.146. The summed E-state index contributed by atoms with van der Waals surface area (Å²) in [6.07, 6.45) is 8.95. The fourth-order valence-corrected chi connectivity index (χ4v) is 4.68. The number of amides is 1. The summed E-state index contributed by atoms with van der Waals surface area (Å²) in [4.78, 5) is 33.0. The number of anilines is 3. The van der Waals surface area contributed by atoms with Crippen molar-refractivity contribution in [3.63, 3.8) is 0 Å². The minimum absolute atomic E-state index is 0.179. The first kappa shape index (κ1) is 25.8. The molecule has 0 bridgehead atoms. The predicted molar refractivity (Wildman–Crippen MR) is 139 cm³/mol. The highest BCUT2D eigenvalue weighted by Gasteiger charge is 2.27. The largest absolute Gasteiger partial charge is 0.463 e. The number of pyridine rings is 1. The molecule has 3 N–H and O–H groups in total. The lowest BCUT2D eigenvalue weighted by atomic mass is 9.84. The number of imidazole rings is 1. The Morgan fingerprint density at radius 1 is 1.05 bits per heavy atom. The second-order valence-electron chi connectivity index (χ2n) is 9.84. The summed E-state index contributed by atoms with van der Waals surface area (Å²) in [6, 6.07) is 5.16. The van der Waals surface area contributed by atoms with Crippen molar-refractivity contribution in [2.75, 3.05) is 36.3 Å². The number of ether oxygens (including phenoxy) is 2. The molecule has 0 unspecified atom stereocenters. The minimum Gasteiger partial charge on any atom is -0.463 e. The molecule has 0 aliphatic heterocycles. The number of methoxy groups -OCH3 is 1. The molecule has 0 spiro atoms. The van der Waals surface area contributed by atoms with Gasteiger partial charge in [0.25, 0.3) is 5.91 Å². The molecule has 38 heavy (non-hydrogen) atoms. The maximum absolute atomic E-state index is 13.5. The van der Waals surface area contributed by atoms with E-state index < -0.39 is 11.9 Å². The topological polar surface area (TPSA) is 132 Å². The van der Waals surface area contributed by atoms with Crippen molar-refractivity contribution in [1.82, 2.24) is 19.6 Å². The van der Waals surface area contributed by atoms with Crippen LogP contribution in [-0.4, -0.2) is 63.9 Å². The third-order valence-corrected chi connectivity index (χ3v) is 6.83. The van der Waals surface area contributed by atoms with E-state index >= 15 is 0 Å². The average molecular weight is 526 g/mol. The summed E-state index contributed by atoms with van der Waals surface area (Å²) >= 11 is 0. The van der Waals surface area contributed by atoms with Crippen LogP contribution in [0.15, 0.2) is 30.6 Å². The van der Waals surface area contributed by atoms with E-state index in [1.54, 1.807) is 7.11 Å². The first-order valence-electron chi connectivity index (χ1n) is 13.0. The van der Waals surface area contributed by atoms with Crippen LogP contribution >= 0.6 is 0 Å². The summed E-state index contributed by atoms with van der Waals surface area (Å²) in [5.74, 6) is -0.387. The van der Waals surface area contributed by atoms with Gasteiger partial charge in [-0.1, -0.05) is 0 Å². The van der Waals surface area contributed by atoms with Crippen molar-refractivity contribution >= 4 is 34.7 Å². The number of carbonyl (C=O) groups is 2. The lowest BCUT2D eigenvalue weighted by Gasteiger charge is -2.29. The van der Waals surface area contributed by atoms with Gasteiger partial charge in [0.1, 0.15) is 12.4 Å². The molecule has 2 aliphatic carbocycles. The summed E-state index contributed by atoms with van der Waals surface area (Å²) in [6.45, 7) is 0.686. The highest BCUT2D eigenvalue weighted by molar-refractivity contribution is 6.03. The van der Waals surface area contributed by atoms with Gasteiger partial charge >= 0.3 is 5.97 Å². The molecule has 3 aromatic heterocycles. The molecular weight excluding hydrogens is 493 g/mol. The zero-order valence-electron chi connectivity index (χ0n) is 21.3. The van der Waals surface area contributed by atoms with Crippen LogP contribution in [0.1, 0.15) is 55.4 Å². The van der Waals surface area contributed by atoms with E-state index in [0.29, 0.717) is 42.1 Å². The van der Waals surface area contributed by atoms with Crippen LogP contribution < -0.4 is 16.0 Å². The summed E-state index contributed by atoms with van der Waals surface area (Å²) in [5.41, 5.74) is 1.87. The summed E-state index contributed by atoms with van der Waals surface area (Å²) in [7, 11) is 1.58. The maximum atomic E-state index is 13.5. The van der Waals surface area contributed by atoms with Gasteiger partial charge in [-0.05, 0) is 50.5 Å². The van der Waals surface area contributed by atoms with E-state index in [1.165, 1.54) is 23.0 Å². The summed E-state index contributed by atoms with van der Waals surface area (Å²) in [5, 5.41) is 14.4. The molecule has 3 heterocycles. The normalized spacial score (nSPS) is 19.2. The van der Waals surface area contributed by atoms with E-state index in [1.807, 2.05) is 6.07 Å². The van der Waals surface area contributed by atoms with Crippen LogP contribution in [-0.2, 0) is 14.3 Å². The predicted octanol–water partition coefficient (Wildman–Crippen LogP) is 3.64. The first-order chi connectivity index (χ1) is 18.5. The fourth-order valence-electron chi connectivity index (χ4n) is 4.68. The number of nitrogens with one attached hydrogen (secondary N) is 3. The molecule has 2 fully saturated rings. The fraction of sp³-hybridized carbons (Fsp3) is 0.500. The first-order valence-corrected chi connectivity index (χ1v) is 13.0. The Kier molecular flexibility index (Phi) is 7.97. The minimum atomic E-state index is -0.681. The molecule has 0 radical (unpaired) electrons. The second kappa shape index (κ2) is 11.7. The molecule has 11 nitrogen and oxygen atoms in total. The van der Waals surface area contributed by atoms with E-state index in [9.17, 15) is 14.0 Å². The molecule has 0 aromatic carbocycles. The molecular formula is C26H32FN7O4. The van der Waals surface area contributed by atoms with Gasteiger partial charge in [-0.25, -0.2) is 14.5 Å². The Morgan fingerprint density at radius 3 is 2.55 bits per heavy atom. The number of hydrogen-bond acceptors (Lipinski definition) is 9. The zero-order chi connectivity index (χ0) is 26.5. The Hall–Kier alpha value is -3.80. The number of carbonyl (C=O) groups excluding carboxylic acids is 2. The number of aromatic nitrogens is 4. The molecule has 5 rings (SSSR count). The Balaban J connectivity index is 1.27. The van der Waals surface area contributed by atoms with Crippen molar-refractivity contribution in [3.8, 4) is 0 Å². The van der Waals surface area contributed by atoms with Crippen molar-refractivity contribution in [2.24, 2.45) is 5.92 Å². The number of hydrogen-bond donors (Lipinski definition) is 3. The number of fused-ring (bicyclic) bond motifs is 1. The second-order valence-corrected chi connectivity index (χ2v) is 9.84. The SMILES string of the molecule is COCCOC(=O)CC1CCC(Nc2cc(NC3CC3)c3ncc(C(=O)Nc4ccnc(F)c4)n3n2)CC1. The molecule has 202 valence electrons. The molecule has 0 saturated heterocycles. The van der Waals surface area contributed by atoms with Gasteiger partial charge in [-0.2, -0.15) is 4.39 Å². The molecule has 0 atom stereocenters. The van der Waals surface area contributed by atoms with Gasteiger partial charge in [-0.15, -0.1) is 5.10 Å². The monoisotopic (exact) mass is 525 g/mol. The van der Waals surface area contributed by atoms with Gasteiger partial charge in [0.15, 0.2) is 11.3 Å². The number of esters is 1. The maximum Gasteiger partial charge on any atom is 0.306 e. The third kappa shape index (κ3) is 6.55. The van der Waals surface area contributed by atoms with Crippen molar-refractivity contribution in [3.05, 3.63) is 42.2 Å². The van der Waals surface area contributed by atoms with Crippen LogP contribution in [0.2, 0.25) is 0 Å². The molecule has 1 amide bonds. The van der Waals surface area contributed by atoms with Gasteiger partial charge in [0.05, 0.1) is 18.5 Å². The standard InChI is InChI=1S/C26H32FN7O4/c1-37-10-11-38-24(35)12-16-2-4-18(5-3-16)31-23-14-20(30-17-6-7-17)25-29-15-21(34(25)33-23)26(36)32-19-8-9-28-22(27)13-19/h8-9,13-18,30H,2-7,10-12H2,1H3,(H,31,33)(H,28,32,36). The Bertz CT molecular complexity index is 1290. The van der Waals surface area contributed by atoms with Crippen LogP contribution in [0.5, 0.6) is 0 Å². The van der Waals surface area contributed by atoms with E-state index in [0.717, 1.165) is 50.3 Å². The number of rotatable bonds is 11. The third-order valence-electron chi connectivity index (χ3n) is 6.83. The van der Waals surface area contributed by atoms with E-state index in [4.69, 9.17) is 9.47 Å². The van der Waals surface area contributed by atoms with Gasteiger partial charge < -0.3 is 25.4 Å². The van der Waals surface area contributed by atoms with Gasteiger partial charge in [0, 0.05) is 49.6 Å². The average Bonchev–Trinajstić information content (AvgIpc) is 3.60. The van der Waals surface area contributed by atoms with Gasteiger partial charge in [-0.3, -0.25) is 9.59 Å². The smallest absolute Gasteiger partial charge is 0.306 e. The Morgan fingerprint density at radius 2 is 1.82 bits per heavy atom. The lowest BCUT2D eigenvalue weighted by Crippen LogP contribution is -2.28. The highest BCUT2D eigenvalue weighted by atomic mass is 19.1. The van der Waals surface area contributed by atoms with Gasteiger partial charge in [0.2, 0.25) is 5.95 Å². The number of halogens is 1. The molecule has 2 aliphatic rings. The Labute approximate surface area is 219 Å².